The molecule has 2 unspecified atom stereocenters. The van der Waals surface area contributed by atoms with Gasteiger partial charge < -0.3 is 25.0 Å². The quantitative estimate of drug-likeness (QED) is 0.393. The molecular formula is C31H45N3O5. The van der Waals surface area contributed by atoms with E-state index < -0.39 is 29.3 Å². The van der Waals surface area contributed by atoms with Crippen LogP contribution in [0, 0.1) is 12.8 Å². The van der Waals surface area contributed by atoms with Crippen molar-refractivity contribution in [2.75, 3.05) is 12.4 Å². The number of hydrogen-bond donors (Lipinski definition) is 2. The van der Waals surface area contributed by atoms with E-state index in [1.54, 1.807) is 57.0 Å². The number of alkyl carbamates (subject to hydrolysis) is 1. The summed E-state index contributed by atoms with van der Waals surface area (Å²) in [7, 11) is 1.58. The van der Waals surface area contributed by atoms with Gasteiger partial charge in [-0.05, 0) is 96.2 Å². The van der Waals surface area contributed by atoms with Gasteiger partial charge in [0.2, 0.25) is 5.91 Å². The van der Waals surface area contributed by atoms with Crippen LogP contribution < -0.4 is 15.4 Å². The molecule has 2 N–H and O–H groups in total. The number of benzene rings is 2. The maximum Gasteiger partial charge on any atom is 0.408 e. The SMILES string of the molecule is COc1ccc(NC(=O)C(c2ccccc2C)N(C(=O)C(CC(C)C)NC(=O)OC(C)(C)C)C(C)(C)C)cc1. The van der Waals surface area contributed by atoms with Crippen molar-refractivity contribution >= 4 is 23.6 Å². The minimum absolute atomic E-state index is 0.0979. The lowest BCUT2D eigenvalue weighted by atomic mass is 9.91. The van der Waals surface area contributed by atoms with Gasteiger partial charge in [-0.1, -0.05) is 38.1 Å². The lowest BCUT2D eigenvalue weighted by Gasteiger charge is -2.43. The molecule has 2 rings (SSSR count). The van der Waals surface area contributed by atoms with E-state index in [0.717, 1.165) is 5.56 Å². The number of ether oxygens (including phenoxy) is 2. The summed E-state index contributed by atoms with van der Waals surface area (Å²) in [6.45, 7) is 16.8. The van der Waals surface area contributed by atoms with Crippen LogP contribution in [0.25, 0.3) is 0 Å². The van der Waals surface area contributed by atoms with Crippen molar-refractivity contribution in [3.63, 3.8) is 0 Å². The van der Waals surface area contributed by atoms with Crippen LogP contribution in [0.5, 0.6) is 5.75 Å². The van der Waals surface area contributed by atoms with Crippen molar-refractivity contribution in [2.45, 2.75) is 92.0 Å². The summed E-state index contributed by atoms with van der Waals surface area (Å²) in [6.07, 6.45) is -0.295. The number of amides is 3. The highest BCUT2D eigenvalue weighted by molar-refractivity contribution is 5.99. The molecule has 0 aliphatic heterocycles. The molecule has 0 heterocycles. The number of nitrogens with zero attached hydrogens (tertiary/aromatic N) is 1. The Kier molecular flexibility index (Phi) is 10.6. The fourth-order valence-corrected chi connectivity index (χ4v) is 4.33. The molecule has 214 valence electrons. The molecule has 3 amide bonds. The van der Waals surface area contributed by atoms with Crippen molar-refractivity contribution in [2.24, 2.45) is 5.92 Å². The molecule has 2 atom stereocenters. The van der Waals surface area contributed by atoms with E-state index in [1.165, 1.54) is 0 Å². The number of aryl methyl sites for hydroxylation is 1. The zero-order valence-corrected chi connectivity index (χ0v) is 25.0. The van der Waals surface area contributed by atoms with Gasteiger partial charge in [0.1, 0.15) is 23.4 Å². The van der Waals surface area contributed by atoms with Crippen LogP contribution in [0.1, 0.15) is 79.0 Å². The van der Waals surface area contributed by atoms with E-state index in [9.17, 15) is 14.4 Å². The lowest BCUT2D eigenvalue weighted by molar-refractivity contribution is -0.147. The number of anilines is 1. The van der Waals surface area contributed by atoms with Crippen LogP contribution in [0.3, 0.4) is 0 Å². The van der Waals surface area contributed by atoms with Gasteiger partial charge in [-0.2, -0.15) is 0 Å². The predicted octanol–water partition coefficient (Wildman–Crippen LogP) is 6.25. The van der Waals surface area contributed by atoms with E-state index in [2.05, 4.69) is 10.6 Å². The Morgan fingerprint density at radius 3 is 2.00 bits per heavy atom. The average Bonchev–Trinajstić information content (AvgIpc) is 2.80. The number of methoxy groups -OCH3 is 1. The standard InChI is InChI=1S/C31H45N3O5/c1-20(2)19-25(33-29(37)39-31(7,8)9)28(36)34(30(4,5)6)26(24-14-12-11-13-21(24)3)27(35)32-22-15-17-23(38-10)18-16-22/h11-18,20,25-26H,19H2,1-10H3,(H,32,35)(H,33,37). The predicted molar refractivity (Wildman–Crippen MR) is 155 cm³/mol. The van der Waals surface area contributed by atoms with Crippen molar-refractivity contribution in [3.05, 3.63) is 59.7 Å². The summed E-state index contributed by atoms with van der Waals surface area (Å²) in [5.41, 5.74) is 0.654. The first-order valence-electron chi connectivity index (χ1n) is 13.4. The van der Waals surface area contributed by atoms with Gasteiger partial charge in [0, 0.05) is 11.2 Å². The fraction of sp³-hybridized carbons (Fsp3) is 0.516. The zero-order valence-electron chi connectivity index (χ0n) is 25.0. The van der Waals surface area contributed by atoms with Crippen LogP contribution in [0.15, 0.2) is 48.5 Å². The molecule has 0 aliphatic carbocycles. The van der Waals surface area contributed by atoms with Crippen LogP contribution in [0.4, 0.5) is 10.5 Å². The van der Waals surface area contributed by atoms with E-state index in [4.69, 9.17) is 9.47 Å². The molecule has 0 fully saturated rings. The van der Waals surface area contributed by atoms with Crippen molar-refractivity contribution in [1.82, 2.24) is 10.2 Å². The first-order valence-corrected chi connectivity index (χ1v) is 13.4. The van der Waals surface area contributed by atoms with Crippen molar-refractivity contribution in [1.29, 1.82) is 0 Å². The fourth-order valence-electron chi connectivity index (χ4n) is 4.33. The van der Waals surface area contributed by atoms with E-state index in [1.807, 2.05) is 65.8 Å². The molecule has 8 nitrogen and oxygen atoms in total. The highest BCUT2D eigenvalue weighted by atomic mass is 16.6. The molecule has 2 aromatic carbocycles. The lowest BCUT2D eigenvalue weighted by Crippen LogP contribution is -2.58. The Morgan fingerprint density at radius 2 is 1.51 bits per heavy atom. The first-order chi connectivity index (χ1) is 18.0. The molecule has 39 heavy (non-hydrogen) atoms. The smallest absolute Gasteiger partial charge is 0.408 e. The molecule has 0 bridgehead atoms. The van der Waals surface area contributed by atoms with Gasteiger partial charge in [-0.25, -0.2) is 4.79 Å². The normalized spacial score (nSPS) is 13.3. The number of carbonyl (C=O) groups is 3. The molecule has 0 radical (unpaired) electrons. The Morgan fingerprint density at radius 1 is 0.923 bits per heavy atom. The summed E-state index contributed by atoms with van der Waals surface area (Å²) < 4.78 is 10.7. The molecule has 0 spiro atoms. The second-order valence-electron chi connectivity index (χ2n) is 12.2. The monoisotopic (exact) mass is 539 g/mol. The summed E-state index contributed by atoms with van der Waals surface area (Å²) in [6, 6.07) is 12.7. The molecule has 0 saturated heterocycles. The van der Waals surface area contributed by atoms with Crippen LogP contribution in [0.2, 0.25) is 0 Å². The second-order valence-corrected chi connectivity index (χ2v) is 12.2. The summed E-state index contributed by atoms with van der Waals surface area (Å²) >= 11 is 0. The molecule has 2 aromatic rings. The van der Waals surface area contributed by atoms with Gasteiger partial charge in [-0.3, -0.25) is 9.59 Å². The van der Waals surface area contributed by atoms with Crippen molar-refractivity contribution < 1.29 is 23.9 Å². The Hall–Kier alpha value is -3.55. The summed E-state index contributed by atoms with van der Waals surface area (Å²) in [5.74, 6) is 0.0407. The van der Waals surface area contributed by atoms with Crippen LogP contribution in [-0.4, -0.2) is 47.1 Å². The van der Waals surface area contributed by atoms with Crippen molar-refractivity contribution in [3.8, 4) is 5.75 Å². The second kappa shape index (κ2) is 13.0. The number of nitrogens with one attached hydrogen (secondary N) is 2. The highest BCUT2D eigenvalue weighted by Crippen LogP contribution is 2.33. The summed E-state index contributed by atoms with van der Waals surface area (Å²) in [5, 5.41) is 5.76. The number of hydrogen-bond acceptors (Lipinski definition) is 5. The Balaban J connectivity index is 2.58. The topological polar surface area (TPSA) is 97.0 Å². The molecule has 0 aliphatic rings. The molecule has 0 aromatic heterocycles. The Bertz CT molecular complexity index is 1130. The van der Waals surface area contributed by atoms with Gasteiger partial charge in [0.05, 0.1) is 7.11 Å². The van der Waals surface area contributed by atoms with E-state index in [-0.39, 0.29) is 17.7 Å². The van der Waals surface area contributed by atoms with Crippen LogP contribution in [-0.2, 0) is 14.3 Å². The first kappa shape index (κ1) is 31.7. The van der Waals surface area contributed by atoms with Gasteiger partial charge in [0.15, 0.2) is 0 Å². The largest absolute Gasteiger partial charge is 0.497 e. The third kappa shape index (κ3) is 9.30. The van der Waals surface area contributed by atoms with E-state index >= 15 is 0 Å². The summed E-state index contributed by atoms with van der Waals surface area (Å²) in [4.78, 5) is 42.7. The molecule has 0 saturated carbocycles. The third-order valence-corrected chi connectivity index (χ3v) is 6.00. The molecular weight excluding hydrogens is 494 g/mol. The van der Waals surface area contributed by atoms with Gasteiger partial charge in [-0.15, -0.1) is 0 Å². The maximum absolute atomic E-state index is 14.4. The average molecular weight is 540 g/mol. The maximum atomic E-state index is 14.4. The highest BCUT2D eigenvalue weighted by Gasteiger charge is 2.42. The Labute approximate surface area is 233 Å². The zero-order chi connectivity index (χ0) is 29.5. The van der Waals surface area contributed by atoms with Gasteiger partial charge in [0.25, 0.3) is 5.91 Å². The van der Waals surface area contributed by atoms with Crippen LogP contribution >= 0.6 is 0 Å². The van der Waals surface area contributed by atoms with E-state index in [0.29, 0.717) is 23.4 Å². The molecule has 8 heteroatoms. The number of carbonyl (C=O) groups excluding carboxylic acids is 3. The minimum atomic E-state index is -0.962. The minimum Gasteiger partial charge on any atom is -0.497 e. The van der Waals surface area contributed by atoms with Gasteiger partial charge >= 0.3 is 6.09 Å². The third-order valence-electron chi connectivity index (χ3n) is 6.00. The number of rotatable bonds is 9.